The Morgan fingerprint density at radius 1 is 0.605 bits per heavy atom. The Morgan fingerprint density at radius 2 is 0.884 bits per heavy atom. The molecular formula is C25H34CuN2O14S. The van der Waals surface area contributed by atoms with Gasteiger partial charge in [0.1, 0.15) is 48.8 Å². The number of para-hydroxylation sites is 2. The van der Waals surface area contributed by atoms with Crippen LogP contribution in [0.5, 0.6) is 0 Å². The smallest absolute Gasteiger partial charge is 0.547 e. The number of aliphatic hydroxyl groups excluding tert-OH is 10. The zero-order valence-electron chi connectivity index (χ0n) is 22.1. The van der Waals surface area contributed by atoms with Crippen molar-refractivity contribution < 1.29 is 87.9 Å². The number of hydrogen-bond acceptors (Lipinski definition) is 15. The molecule has 2 aromatic carbocycles. The summed E-state index contributed by atoms with van der Waals surface area (Å²) >= 11 is 5.20. The second-order valence-electron chi connectivity index (χ2n) is 8.30. The number of aliphatic hydroxyl groups is 10. The molecule has 18 heteroatoms. The first-order valence-electron chi connectivity index (χ1n) is 11.9. The second-order valence-corrected chi connectivity index (χ2v) is 8.71. The topological polar surface area (TPSA) is 307 Å². The van der Waals surface area contributed by atoms with E-state index < -0.39 is 74.0 Å². The van der Waals surface area contributed by atoms with Crippen molar-refractivity contribution in [2.75, 3.05) is 23.8 Å². The van der Waals surface area contributed by atoms with Crippen LogP contribution in [-0.2, 0) is 26.7 Å². The van der Waals surface area contributed by atoms with Gasteiger partial charge in [-0.25, -0.2) is 0 Å². The van der Waals surface area contributed by atoms with Crippen molar-refractivity contribution in [3.63, 3.8) is 0 Å². The summed E-state index contributed by atoms with van der Waals surface area (Å²) in [7, 11) is 0. The molecule has 0 spiro atoms. The molecule has 1 radical (unpaired) electrons. The van der Waals surface area contributed by atoms with E-state index in [4.69, 9.17) is 63.3 Å². The van der Waals surface area contributed by atoms with Gasteiger partial charge in [-0.05, 0) is 36.5 Å². The fraction of sp³-hybridized carbons (Fsp3) is 0.400. The van der Waals surface area contributed by atoms with E-state index in [1.165, 1.54) is 0 Å². The molecule has 0 bridgehead atoms. The quantitative estimate of drug-likeness (QED) is 0.0732. The maximum absolute atomic E-state index is 9.98. The van der Waals surface area contributed by atoms with E-state index in [0.717, 1.165) is 11.4 Å². The van der Waals surface area contributed by atoms with E-state index >= 15 is 0 Å². The maximum atomic E-state index is 9.98. The molecule has 245 valence electrons. The van der Waals surface area contributed by atoms with Gasteiger partial charge in [-0.2, -0.15) is 0 Å². The van der Waals surface area contributed by atoms with Crippen molar-refractivity contribution in [2.24, 2.45) is 0 Å². The zero-order valence-corrected chi connectivity index (χ0v) is 23.9. The van der Waals surface area contributed by atoms with Gasteiger partial charge in [-0.3, -0.25) is 0 Å². The molecule has 0 aliphatic rings. The second kappa shape index (κ2) is 22.7. The predicted octanol–water partition coefficient (Wildman–Crippen LogP) is -6.16. The first-order chi connectivity index (χ1) is 19.7. The summed E-state index contributed by atoms with van der Waals surface area (Å²) < 4.78 is 0. The van der Waals surface area contributed by atoms with Crippen LogP contribution in [0.4, 0.5) is 11.4 Å². The summed E-state index contributed by atoms with van der Waals surface area (Å²) in [5, 5.41) is 114. The van der Waals surface area contributed by atoms with Gasteiger partial charge >= 0.3 is 17.1 Å². The number of anilines is 2. The minimum absolute atomic E-state index is 0. The largest absolute Gasteiger partial charge is 2.00 e. The first-order valence-corrected chi connectivity index (χ1v) is 12.3. The molecule has 0 aliphatic carbocycles. The predicted molar refractivity (Wildman–Crippen MR) is 145 cm³/mol. The van der Waals surface area contributed by atoms with Gasteiger partial charge < -0.3 is 81.5 Å². The van der Waals surface area contributed by atoms with Gasteiger partial charge in [0, 0.05) is 11.4 Å². The molecule has 0 saturated carbocycles. The van der Waals surface area contributed by atoms with E-state index in [9.17, 15) is 19.8 Å². The van der Waals surface area contributed by atoms with Crippen LogP contribution in [0.3, 0.4) is 0 Å². The minimum atomic E-state index is -2.31. The summed E-state index contributed by atoms with van der Waals surface area (Å²) in [4.78, 5) is 20.0. The van der Waals surface area contributed by atoms with Crippen LogP contribution < -0.4 is 20.8 Å². The number of carboxylic acids is 2. The Bertz CT molecular complexity index is 977. The van der Waals surface area contributed by atoms with Crippen LogP contribution in [0.25, 0.3) is 0 Å². The number of hydrogen-bond donors (Lipinski definition) is 12. The molecule has 0 aliphatic heterocycles. The Labute approximate surface area is 261 Å². The number of rotatable bonds is 12. The van der Waals surface area contributed by atoms with Crippen molar-refractivity contribution >= 4 is 40.6 Å². The van der Waals surface area contributed by atoms with Crippen molar-refractivity contribution in [1.82, 2.24) is 0 Å². The van der Waals surface area contributed by atoms with Crippen molar-refractivity contribution in [2.45, 2.75) is 48.8 Å². The Balaban J connectivity index is 0. The van der Waals surface area contributed by atoms with Crippen molar-refractivity contribution in [1.29, 1.82) is 0 Å². The van der Waals surface area contributed by atoms with Crippen LogP contribution >= 0.6 is 12.2 Å². The number of carbonyl (C=O) groups excluding carboxylic acids is 2. The van der Waals surface area contributed by atoms with E-state index in [1.54, 1.807) is 0 Å². The molecule has 0 aromatic heterocycles. The Morgan fingerprint density at radius 3 is 1.12 bits per heavy atom. The number of aliphatic carboxylic acids is 2. The van der Waals surface area contributed by atoms with E-state index in [2.05, 4.69) is 10.6 Å². The van der Waals surface area contributed by atoms with Gasteiger partial charge in [-0.15, -0.1) is 0 Å². The SMILES string of the molecule is O=C([O-])[C@H](O)[C@@H](O)[C@H](O)[C@H](O)CO.O=C([O-])[C@H](O)[C@@H](O)[C@H](O)[C@H](O)CO.S=C(Nc1ccccc1)Nc1ccccc1.[Cu+2]. The monoisotopic (exact) mass is 681 g/mol. The normalized spacial score (nSPS) is 15.9. The summed E-state index contributed by atoms with van der Waals surface area (Å²) in [5.74, 6) is -3.95. The molecule has 12 N–H and O–H groups in total. The Hall–Kier alpha value is -2.81. The summed E-state index contributed by atoms with van der Waals surface area (Å²) in [5.41, 5.74) is 1.96. The van der Waals surface area contributed by atoms with Gasteiger partial charge in [0.05, 0.1) is 25.2 Å². The molecule has 0 fully saturated rings. The molecule has 16 nitrogen and oxygen atoms in total. The third-order valence-electron chi connectivity index (χ3n) is 5.06. The molecule has 8 atom stereocenters. The van der Waals surface area contributed by atoms with E-state index in [1.807, 2.05) is 60.7 Å². The van der Waals surface area contributed by atoms with Crippen LogP contribution in [0, 0.1) is 0 Å². The van der Waals surface area contributed by atoms with E-state index in [-0.39, 0.29) is 17.1 Å². The van der Waals surface area contributed by atoms with E-state index in [0.29, 0.717) is 5.11 Å². The molecule has 2 rings (SSSR count). The molecule has 2 aromatic rings. The zero-order chi connectivity index (χ0) is 32.4. The number of carboxylic acid groups (broad SMARTS) is 2. The van der Waals surface area contributed by atoms with Crippen LogP contribution in [0.2, 0.25) is 0 Å². The van der Waals surface area contributed by atoms with Gasteiger partial charge in [0.25, 0.3) is 0 Å². The summed E-state index contributed by atoms with van der Waals surface area (Å²) in [6, 6.07) is 19.7. The van der Waals surface area contributed by atoms with Gasteiger partial charge in [0.15, 0.2) is 5.11 Å². The maximum Gasteiger partial charge on any atom is 2.00 e. The molecule has 43 heavy (non-hydrogen) atoms. The molecule has 0 heterocycles. The number of carbonyl (C=O) groups is 2. The Kier molecular flexibility index (Phi) is 22.3. The molecule has 0 saturated heterocycles. The first kappa shape index (κ1) is 42.3. The minimum Gasteiger partial charge on any atom is -0.547 e. The average Bonchev–Trinajstić information content (AvgIpc) is 2.99. The third-order valence-corrected chi connectivity index (χ3v) is 5.26. The number of thiocarbonyl (C=S) groups is 1. The molecule has 0 unspecified atom stereocenters. The van der Waals surface area contributed by atoms with Crippen LogP contribution in [-0.4, -0.2) is 130 Å². The fourth-order valence-corrected chi connectivity index (χ4v) is 2.90. The molecular weight excluding hydrogens is 648 g/mol. The number of nitrogens with one attached hydrogen (secondary N) is 2. The van der Waals surface area contributed by atoms with Crippen LogP contribution in [0.1, 0.15) is 0 Å². The fourth-order valence-electron chi connectivity index (χ4n) is 2.66. The van der Waals surface area contributed by atoms with Crippen molar-refractivity contribution in [3.05, 3.63) is 60.7 Å². The summed E-state index contributed by atoms with van der Waals surface area (Å²) in [6.07, 6.45) is -16.2. The third kappa shape index (κ3) is 16.6. The summed E-state index contributed by atoms with van der Waals surface area (Å²) in [6.45, 7) is -1.73. The average molecular weight is 682 g/mol. The number of benzene rings is 2. The molecule has 0 amide bonds. The van der Waals surface area contributed by atoms with Crippen molar-refractivity contribution in [3.8, 4) is 0 Å². The van der Waals surface area contributed by atoms with Gasteiger partial charge in [-0.1, -0.05) is 36.4 Å². The van der Waals surface area contributed by atoms with Gasteiger partial charge in [0.2, 0.25) is 0 Å². The standard InChI is InChI=1S/C13H12N2S.2C6H12O7.Cu/c16-13(14-11-7-3-1-4-8-11)15-12-9-5-2-6-10-12;2*7-1-2(8)3(9)4(10)5(11)6(12)13;/h1-10H,(H2,14,15,16);2*2-5,7-11H,1H2,(H,12,13);/q;;;+2/p-2/t;2*2-,3-,4+,5-;/m.11./s1. The van der Waals surface area contributed by atoms with Crippen LogP contribution in [0.15, 0.2) is 60.7 Å².